The molecule has 0 spiro atoms. The van der Waals surface area contributed by atoms with Gasteiger partial charge in [-0.1, -0.05) is 6.07 Å². The number of benzene rings is 2. The van der Waals surface area contributed by atoms with Crippen LogP contribution in [0.4, 0.5) is 10.5 Å². The summed E-state index contributed by atoms with van der Waals surface area (Å²) in [5.41, 5.74) is 6.06. The van der Waals surface area contributed by atoms with Gasteiger partial charge in [-0.05, 0) is 43.7 Å². The van der Waals surface area contributed by atoms with Gasteiger partial charge in [0.25, 0.3) is 5.69 Å². The van der Waals surface area contributed by atoms with Gasteiger partial charge in [-0.25, -0.2) is 4.79 Å². The molecule has 0 saturated heterocycles. The first kappa shape index (κ1) is 20.2. The summed E-state index contributed by atoms with van der Waals surface area (Å²) >= 11 is 0. The number of nitrogens with two attached hydrogens (primary N) is 1. The van der Waals surface area contributed by atoms with Gasteiger partial charge >= 0.3 is 6.09 Å². The van der Waals surface area contributed by atoms with Crippen molar-refractivity contribution < 1.29 is 23.9 Å². The van der Waals surface area contributed by atoms with Crippen LogP contribution in [0.25, 0.3) is 0 Å². The van der Waals surface area contributed by atoms with Crippen molar-refractivity contribution in [3.8, 4) is 11.5 Å². The van der Waals surface area contributed by atoms with Crippen LogP contribution in [-0.4, -0.2) is 23.7 Å². The summed E-state index contributed by atoms with van der Waals surface area (Å²) in [7, 11) is 1.57. The zero-order valence-electron chi connectivity index (χ0n) is 15.4. The Kier molecular flexibility index (Phi) is 6.36. The van der Waals surface area contributed by atoms with E-state index in [2.05, 4.69) is 0 Å². The SMILES string of the molecule is COCc1cc(CC(C)(C)OC(N)=O)ccc1Oc1ccc([N+](=O)[O-])cc1. The molecule has 0 atom stereocenters. The fraction of sp³-hybridized carbons (Fsp3) is 0.316. The molecule has 2 N–H and O–H groups in total. The number of nitro benzene ring substituents is 1. The average Bonchev–Trinajstić information content (AvgIpc) is 2.56. The van der Waals surface area contributed by atoms with Crippen LogP contribution in [0.2, 0.25) is 0 Å². The summed E-state index contributed by atoms with van der Waals surface area (Å²) in [5.74, 6) is 1.05. The lowest BCUT2D eigenvalue weighted by molar-refractivity contribution is -0.384. The molecule has 2 aromatic carbocycles. The maximum atomic E-state index is 11.0. The van der Waals surface area contributed by atoms with Crippen LogP contribution in [0, 0.1) is 10.1 Å². The highest BCUT2D eigenvalue weighted by molar-refractivity contribution is 5.65. The van der Waals surface area contributed by atoms with E-state index in [1.54, 1.807) is 27.0 Å². The van der Waals surface area contributed by atoms with Crippen molar-refractivity contribution in [2.45, 2.75) is 32.5 Å². The van der Waals surface area contributed by atoms with Gasteiger partial charge in [-0.2, -0.15) is 0 Å². The van der Waals surface area contributed by atoms with Crippen molar-refractivity contribution in [1.29, 1.82) is 0 Å². The number of hydrogen-bond donors (Lipinski definition) is 1. The lowest BCUT2D eigenvalue weighted by Gasteiger charge is -2.24. The topological polar surface area (TPSA) is 114 Å². The van der Waals surface area contributed by atoms with E-state index in [0.717, 1.165) is 11.1 Å². The minimum Gasteiger partial charge on any atom is -0.457 e. The van der Waals surface area contributed by atoms with E-state index in [0.29, 0.717) is 24.5 Å². The number of carbonyl (C=O) groups excluding carboxylic acids is 1. The Bertz CT molecular complexity index is 817. The monoisotopic (exact) mass is 374 g/mol. The molecular formula is C19H22N2O6. The highest BCUT2D eigenvalue weighted by Crippen LogP contribution is 2.29. The Morgan fingerprint density at radius 2 is 1.85 bits per heavy atom. The molecule has 8 heteroatoms. The third kappa shape index (κ3) is 5.96. The van der Waals surface area contributed by atoms with Crippen LogP contribution in [0.5, 0.6) is 11.5 Å². The number of ether oxygens (including phenoxy) is 3. The molecule has 144 valence electrons. The maximum Gasteiger partial charge on any atom is 0.405 e. The molecule has 0 aliphatic carbocycles. The molecule has 0 radical (unpaired) electrons. The van der Waals surface area contributed by atoms with Gasteiger partial charge in [-0.3, -0.25) is 10.1 Å². The molecule has 2 aromatic rings. The molecule has 0 aliphatic heterocycles. The van der Waals surface area contributed by atoms with E-state index >= 15 is 0 Å². The van der Waals surface area contributed by atoms with Gasteiger partial charge in [0, 0.05) is 31.2 Å². The van der Waals surface area contributed by atoms with E-state index in [9.17, 15) is 14.9 Å². The summed E-state index contributed by atoms with van der Waals surface area (Å²) in [6.07, 6.45) is -0.361. The second kappa shape index (κ2) is 8.50. The van der Waals surface area contributed by atoms with Crippen molar-refractivity contribution in [3.05, 3.63) is 63.7 Å². The first-order valence-electron chi connectivity index (χ1n) is 8.22. The number of amides is 1. The highest BCUT2D eigenvalue weighted by atomic mass is 16.6. The predicted molar refractivity (Wildman–Crippen MR) is 98.8 cm³/mol. The van der Waals surface area contributed by atoms with Gasteiger partial charge in [-0.15, -0.1) is 0 Å². The van der Waals surface area contributed by atoms with E-state index in [1.165, 1.54) is 24.3 Å². The minimum atomic E-state index is -0.824. The number of nitrogens with zero attached hydrogens (tertiary/aromatic N) is 1. The quantitative estimate of drug-likeness (QED) is 0.553. The molecule has 0 saturated carbocycles. The number of hydrogen-bond acceptors (Lipinski definition) is 6. The summed E-state index contributed by atoms with van der Waals surface area (Å²) < 4.78 is 16.2. The van der Waals surface area contributed by atoms with E-state index < -0.39 is 16.6 Å². The van der Waals surface area contributed by atoms with Gasteiger partial charge in [0.15, 0.2) is 0 Å². The highest BCUT2D eigenvalue weighted by Gasteiger charge is 2.23. The lowest BCUT2D eigenvalue weighted by Crippen LogP contribution is -2.33. The lowest BCUT2D eigenvalue weighted by atomic mass is 9.97. The zero-order valence-corrected chi connectivity index (χ0v) is 15.4. The van der Waals surface area contributed by atoms with Gasteiger partial charge in [0.1, 0.15) is 17.1 Å². The second-order valence-corrected chi connectivity index (χ2v) is 6.59. The van der Waals surface area contributed by atoms with Crippen LogP contribution in [0.1, 0.15) is 25.0 Å². The molecular weight excluding hydrogens is 352 g/mol. The number of methoxy groups -OCH3 is 1. The first-order valence-corrected chi connectivity index (χ1v) is 8.22. The fourth-order valence-electron chi connectivity index (χ4n) is 2.67. The molecule has 0 unspecified atom stereocenters. The number of primary amides is 1. The standard InChI is InChI=1S/C19H22N2O6/c1-19(2,27-18(20)22)11-13-4-9-17(14(10-13)12-25-3)26-16-7-5-15(6-8-16)21(23)24/h4-10H,11-12H2,1-3H3,(H2,20,22). The molecule has 1 amide bonds. The Balaban J connectivity index is 2.21. The van der Waals surface area contributed by atoms with Crippen molar-refractivity contribution in [1.82, 2.24) is 0 Å². The van der Waals surface area contributed by atoms with Gasteiger partial charge < -0.3 is 19.9 Å². The zero-order chi connectivity index (χ0) is 20.0. The molecule has 0 aliphatic rings. The Morgan fingerprint density at radius 1 is 1.19 bits per heavy atom. The summed E-state index contributed by atoms with van der Waals surface area (Å²) in [4.78, 5) is 21.3. The second-order valence-electron chi connectivity index (χ2n) is 6.59. The normalized spacial score (nSPS) is 11.1. The van der Waals surface area contributed by atoms with Crippen LogP contribution in [-0.2, 0) is 22.5 Å². The summed E-state index contributed by atoms with van der Waals surface area (Å²) in [5, 5.41) is 10.7. The van der Waals surface area contributed by atoms with Crippen LogP contribution < -0.4 is 10.5 Å². The van der Waals surface area contributed by atoms with Gasteiger partial charge in [0.2, 0.25) is 0 Å². The molecule has 0 bridgehead atoms. The van der Waals surface area contributed by atoms with Crippen LogP contribution >= 0.6 is 0 Å². The van der Waals surface area contributed by atoms with Gasteiger partial charge in [0.05, 0.1) is 11.5 Å². The van der Waals surface area contributed by atoms with E-state index in [1.807, 2.05) is 12.1 Å². The van der Waals surface area contributed by atoms with E-state index in [-0.39, 0.29) is 5.69 Å². The first-order chi connectivity index (χ1) is 12.7. The molecule has 27 heavy (non-hydrogen) atoms. The smallest absolute Gasteiger partial charge is 0.405 e. The maximum absolute atomic E-state index is 11.0. The third-order valence-electron chi connectivity index (χ3n) is 3.71. The molecule has 0 fully saturated rings. The Hall–Kier alpha value is -3.13. The number of carbonyl (C=O) groups is 1. The molecule has 0 heterocycles. The number of rotatable bonds is 8. The fourth-order valence-corrected chi connectivity index (χ4v) is 2.67. The van der Waals surface area contributed by atoms with Crippen molar-refractivity contribution in [3.63, 3.8) is 0 Å². The average molecular weight is 374 g/mol. The van der Waals surface area contributed by atoms with Crippen LogP contribution in [0.15, 0.2) is 42.5 Å². The molecule has 0 aromatic heterocycles. The number of non-ortho nitro benzene ring substituents is 1. The largest absolute Gasteiger partial charge is 0.457 e. The van der Waals surface area contributed by atoms with Crippen LogP contribution in [0.3, 0.4) is 0 Å². The Labute approximate surface area is 157 Å². The molecule has 8 nitrogen and oxygen atoms in total. The summed E-state index contributed by atoms with van der Waals surface area (Å²) in [6, 6.07) is 11.4. The van der Waals surface area contributed by atoms with Crippen molar-refractivity contribution in [2.24, 2.45) is 5.73 Å². The minimum absolute atomic E-state index is 0.00787. The molecule has 2 rings (SSSR count). The van der Waals surface area contributed by atoms with Crippen molar-refractivity contribution >= 4 is 11.8 Å². The summed E-state index contributed by atoms with van der Waals surface area (Å²) in [6.45, 7) is 3.86. The Morgan fingerprint density at radius 3 is 2.41 bits per heavy atom. The predicted octanol–water partition coefficient (Wildman–Crippen LogP) is 3.95. The van der Waals surface area contributed by atoms with Crippen molar-refractivity contribution in [2.75, 3.05) is 7.11 Å². The third-order valence-corrected chi connectivity index (χ3v) is 3.71. The number of nitro groups is 1. The van der Waals surface area contributed by atoms with E-state index in [4.69, 9.17) is 19.9 Å².